The minimum absolute atomic E-state index is 0.00892. The van der Waals surface area contributed by atoms with Crippen LogP contribution in [0.1, 0.15) is 0 Å². The third-order valence-electron chi connectivity index (χ3n) is 3.33. The molecule has 0 fully saturated rings. The van der Waals surface area contributed by atoms with E-state index in [-0.39, 0.29) is 33.7 Å². The predicted molar refractivity (Wildman–Crippen MR) is 85.7 cm³/mol. The van der Waals surface area contributed by atoms with Gasteiger partial charge in [-0.2, -0.15) is 17.6 Å². The van der Waals surface area contributed by atoms with E-state index in [2.05, 4.69) is 29.6 Å². The summed E-state index contributed by atoms with van der Waals surface area (Å²) < 4.78 is 60.6. The molecule has 0 aliphatic heterocycles. The Morgan fingerprint density at radius 2 is 1.74 bits per heavy atom. The zero-order chi connectivity index (χ0) is 19.6. The van der Waals surface area contributed by atoms with E-state index in [1.807, 2.05) is 0 Å². The van der Waals surface area contributed by atoms with Gasteiger partial charge in [-0.25, -0.2) is 9.97 Å². The molecule has 0 spiro atoms. The number of rotatable bonds is 6. The van der Waals surface area contributed by atoms with Crippen molar-refractivity contribution < 1.29 is 27.0 Å². The number of ether oxygens (including phenoxy) is 2. The maximum atomic E-state index is 12.6. The summed E-state index contributed by atoms with van der Waals surface area (Å²) in [7, 11) is 1.48. The Morgan fingerprint density at radius 3 is 2.44 bits per heavy atom. The molecule has 3 aromatic heterocycles. The Hall–Kier alpha value is -2.95. The number of aromatic nitrogens is 5. The van der Waals surface area contributed by atoms with Crippen LogP contribution in [0, 0.1) is 0 Å². The highest BCUT2D eigenvalue weighted by Crippen LogP contribution is 2.33. The molecule has 3 aromatic rings. The van der Waals surface area contributed by atoms with Gasteiger partial charge in [0.25, 0.3) is 0 Å². The monoisotopic (exact) mass is 403 g/mol. The second kappa shape index (κ2) is 7.74. The first-order valence-electron chi connectivity index (χ1n) is 7.27. The van der Waals surface area contributed by atoms with Gasteiger partial charge < -0.3 is 14.0 Å². The summed E-state index contributed by atoms with van der Waals surface area (Å²) in [5, 5.41) is 7.94. The first kappa shape index (κ1) is 18.8. The van der Waals surface area contributed by atoms with Crippen LogP contribution in [0.3, 0.4) is 0 Å². The lowest BCUT2D eigenvalue weighted by Crippen LogP contribution is -2.07. The van der Waals surface area contributed by atoms with Crippen molar-refractivity contribution in [2.75, 3.05) is 0 Å². The molecule has 0 aromatic carbocycles. The molecule has 3 rings (SSSR count). The minimum Gasteiger partial charge on any atom is -0.432 e. The van der Waals surface area contributed by atoms with Crippen LogP contribution in [0.5, 0.6) is 11.6 Å². The fraction of sp³-hybridized carbons (Fsp3) is 0.200. The van der Waals surface area contributed by atoms with E-state index in [0.29, 0.717) is 0 Å². The average Bonchev–Trinajstić information content (AvgIpc) is 2.97. The van der Waals surface area contributed by atoms with E-state index in [4.69, 9.17) is 11.6 Å². The number of hydrogen-bond acceptors (Lipinski definition) is 6. The van der Waals surface area contributed by atoms with Crippen molar-refractivity contribution in [1.82, 2.24) is 24.7 Å². The Kier molecular flexibility index (Phi) is 5.40. The Bertz CT molecular complexity index is 954. The largest absolute Gasteiger partial charge is 0.432 e. The number of hydrogen-bond donors (Lipinski definition) is 0. The first-order valence-corrected chi connectivity index (χ1v) is 7.65. The van der Waals surface area contributed by atoms with Gasteiger partial charge in [-0.05, 0) is 18.2 Å². The lowest BCUT2D eigenvalue weighted by atomic mass is 10.2. The lowest BCUT2D eigenvalue weighted by molar-refractivity contribution is -0.0526. The molecule has 0 atom stereocenters. The zero-order valence-corrected chi connectivity index (χ0v) is 14.2. The molecule has 3 heterocycles. The predicted octanol–water partition coefficient (Wildman–Crippen LogP) is 3.80. The minimum atomic E-state index is -3.12. The molecule has 0 saturated heterocycles. The summed E-state index contributed by atoms with van der Waals surface area (Å²) in [5.74, 6) is -0.516. The second-order valence-electron chi connectivity index (χ2n) is 5.02. The number of pyridine rings is 2. The van der Waals surface area contributed by atoms with E-state index >= 15 is 0 Å². The van der Waals surface area contributed by atoms with Crippen LogP contribution in [0.4, 0.5) is 17.6 Å². The maximum Gasteiger partial charge on any atom is 0.388 e. The molecule has 142 valence electrons. The molecule has 0 amide bonds. The number of alkyl halides is 4. The fourth-order valence-corrected chi connectivity index (χ4v) is 2.44. The normalized spacial score (nSPS) is 11.3. The average molecular weight is 404 g/mol. The van der Waals surface area contributed by atoms with Crippen molar-refractivity contribution in [3.8, 4) is 34.5 Å². The fourth-order valence-electron chi connectivity index (χ4n) is 2.28. The van der Waals surface area contributed by atoms with Crippen molar-refractivity contribution in [2.45, 2.75) is 13.2 Å². The number of nitrogens with zero attached hydrogens (tertiary/aromatic N) is 5. The third kappa shape index (κ3) is 4.08. The second-order valence-corrected chi connectivity index (χ2v) is 5.46. The Morgan fingerprint density at radius 1 is 1.04 bits per heavy atom. The van der Waals surface area contributed by atoms with Crippen LogP contribution >= 0.6 is 11.6 Å². The molecule has 0 aliphatic carbocycles. The van der Waals surface area contributed by atoms with Gasteiger partial charge in [-0.1, -0.05) is 11.6 Å². The van der Waals surface area contributed by atoms with Crippen LogP contribution in [-0.2, 0) is 7.05 Å². The Labute approximate surface area is 154 Å². The lowest BCUT2D eigenvalue weighted by Gasteiger charge is -2.11. The molecule has 7 nitrogen and oxygen atoms in total. The molecule has 0 saturated carbocycles. The van der Waals surface area contributed by atoms with E-state index in [1.54, 1.807) is 0 Å². The van der Waals surface area contributed by atoms with Gasteiger partial charge in [0.05, 0.1) is 10.6 Å². The van der Waals surface area contributed by atoms with Gasteiger partial charge in [-0.3, -0.25) is 0 Å². The van der Waals surface area contributed by atoms with Crippen LogP contribution in [-0.4, -0.2) is 38.0 Å². The van der Waals surface area contributed by atoms with Gasteiger partial charge in [-0.15, -0.1) is 10.2 Å². The summed E-state index contributed by atoms with van der Waals surface area (Å²) >= 11 is 5.88. The molecule has 0 aliphatic rings. The highest BCUT2D eigenvalue weighted by Gasteiger charge is 2.22. The smallest absolute Gasteiger partial charge is 0.388 e. The molecule has 27 heavy (non-hydrogen) atoms. The van der Waals surface area contributed by atoms with Crippen molar-refractivity contribution in [3.63, 3.8) is 0 Å². The molecular formula is C15H10ClF4N5O2. The molecular weight excluding hydrogens is 394 g/mol. The maximum absolute atomic E-state index is 12.6. The van der Waals surface area contributed by atoms with E-state index < -0.39 is 19.1 Å². The number of halogens is 5. The third-order valence-corrected chi connectivity index (χ3v) is 3.54. The summed E-state index contributed by atoms with van der Waals surface area (Å²) in [4.78, 5) is 7.70. The van der Waals surface area contributed by atoms with Crippen LogP contribution in [0.25, 0.3) is 22.9 Å². The van der Waals surface area contributed by atoms with Crippen LogP contribution in [0.2, 0.25) is 5.02 Å². The summed E-state index contributed by atoms with van der Waals surface area (Å²) in [5.41, 5.74) is 0.0293. The highest BCUT2D eigenvalue weighted by molar-refractivity contribution is 6.30. The van der Waals surface area contributed by atoms with Gasteiger partial charge >= 0.3 is 13.2 Å². The molecule has 0 N–H and O–H groups in total. The van der Waals surface area contributed by atoms with Gasteiger partial charge in [0, 0.05) is 19.4 Å². The van der Waals surface area contributed by atoms with E-state index in [1.165, 1.54) is 36.0 Å². The molecule has 0 radical (unpaired) electrons. The van der Waals surface area contributed by atoms with Crippen molar-refractivity contribution in [2.24, 2.45) is 7.05 Å². The van der Waals surface area contributed by atoms with Gasteiger partial charge in [0.15, 0.2) is 17.4 Å². The van der Waals surface area contributed by atoms with E-state index in [0.717, 1.165) is 6.20 Å². The van der Waals surface area contributed by atoms with Crippen molar-refractivity contribution >= 4 is 11.6 Å². The standard InChI is InChI=1S/C15H10ClF4N5O2/c1-25-11(8-5-7(16)6-22-13(8)27-15(19)20)23-24-12(25)10-9(26-14(17)18)3-2-4-21-10/h2-6,14-15H,1H3. The van der Waals surface area contributed by atoms with E-state index in [9.17, 15) is 17.6 Å². The summed E-state index contributed by atoms with van der Waals surface area (Å²) in [6, 6.07) is 4.01. The topological polar surface area (TPSA) is 75.0 Å². The molecule has 0 bridgehead atoms. The molecule has 12 heteroatoms. The van der Waals surface area contributed by atoms with Crippen LogP contribution in [0.15, 0.2) is 30.6 Å². The van der Waals surface area contributed by atoms with Crippen LogP contribution < -0.4 is 9.47 Å². The first-order chi connectivity index (χ1) is 12.9. The zero-order valence-electron chi connectivity index (χ0n) is 13.5. The SMILES string of the molecule is Cn1c(-c2cc(Cl)cnc2OC(F)F)nnc1-c1ncccc1OC(F)F. The highest BCUT2D eigenvalue weighted by atomic mass is 35.5. The van der Waals surface area contributed by atoms with Gasteiger partial charge in [0.1, 0.15) is 5.69 Å². The van der Waals surface area contributed by atoms with Gasteiger partial charge in [0.2, 0.25) is 5.88 Å². The van der Waals surface area contributed by atoms with Crippen molar-refractivity contribution in [3.05, 3.63) is 35.6 Å². The molecule has 0 unspecified atom stereocenters. The summed E-state index contributed by atoms with van der Waals surface area (Å²) in [6.45, 7) is -6.18. The summed E-state index contributed by atoms with van der Waals surface area (Å²) in [6.07, 6.45) is 2.49. The van der Waals surface area contributed by atoms with Crippen molar-refractivity contribution in [1.29, 1.82) is 0 Å². The Balaban J connectivity index is 2.09. The quantitative estimate of drug-likeness (QED) is 0.583.